The molecule has 0 aromatic heterocycles. The summed E-state index contributed by atoms with van der Waals surface area (Å²) in [6.07, 6.45) is 0. The molecule has 21 heavy (non-hydrogen) atoms. The van der Waals surface area contributed by atoms with Gasteiger partial charge in [-0.2, -0.15) is 0 Å². The first-order chi connectivity index (χ1) is 9.92. The van der Waals surface area contributed by atoms with Gasteiger partial charge >= 0.3 is 0 Å². The first kappa shape index (κ1) is 15.6. The van der Waals surface area contributed by atoms with E-state index in [0.29, 0.717) is 27.3 Å². The highest BCUT2D eigenvalue weighted by atomic mass is 79.9. The fraction of sp³-hybridized carbons (Fsp3) is 0.143. The van der Waals surface area contributed by atoms with Crippen LogP contribution in [0, 0.1) is 17.0 Å². The highest BCUT2D eigenvalue weighted by molar-refractivity contribution is 9.10. The minimum Gasteiger partial charge on any atom is -0.497 e. The van der Waals surface area contributed by atoms with Crippen molar-refractivity contribution in [3.05, 3.63) is 55.5 Å². The number of nitro benzene ring substituents is 1. The molecule has 0 heterocycles. The average molecular weight is 373 g/mol. The number of hydrogen-bond acceptors (Lipinski definition) is 4. The maximum Gasteiger partial charge on any atom is 0.288 e. The third-order valence-corrected chi connectivity index (χ3v) is 3.72. The SMILES string of the molecule is COc1ccc(Oc2cc(Cl)c([N+](=O)[O-])cc2C)c(Br)c1. The van der Waals surface area contributed by atoms with Crippen LogP contribution in [0.15, 0.2) is 34.8 Å². The van der Waals surface area contributed by atoms with Crippen LogP contribution < -0.4 is 9.47 Å². The van der Waals surface area contributed by atoms with Crippen LogP contribution in [0.3, 0.4) is 0 Å². The lowest BCUT2D eigenvalue weighted by Crippen LogP contribution is -1.94. The molecule has 0 N–H and O–H groups in total. The molecule has 0 saturated carbocycles. The monoisotopic (exact) mass is 371 g/mol. The van der Waals surface area contributed by atoms with Crippen LogP contribution in [0.4, 0.5) is 5.69 Å². The third kappa shape index (κ3) is 3.46. The summed E-state index contributed by atoms with van der Waals surface area (Å²) in [5.41, 5.74) is 0.476. The number of aryl methyl sites for hydroxylation is 1. The fourth-order valence-corrected chi connectivity index (χ4v) is 2.37. The van der Waals surface area contributed by atoms with Crippen molar-refractivity contribution in [2.45, 2.75) is 6.92 Å². The Morgan fingerprint density at radius 1 is 1.24 bits per heavy atom. The molecule has 0 unspecified atom stereocenters. The Morgan fingerprint density at radius 3 is 2.52 bits per heavy atom. The van der Waals surface area contributed by atoms with E-state index in [1.165, 1.54) is 12.1 Å². The molecular formula is C14H11BrClNO4. The second kappa shape index (κ2) is 6.32. The van der Waals surface area contributed by atoms with E-state index in [0.717, 1.165) is 0 Å². The summed E-state index contributed by atoms with van der Waals surface area (Å²) in [4.78, 5) is 10.3. The standard InChI is InChI=1S/C14H11BrClNO4/c1-8-5-12(17(18)19)11(16)7-14(8)21-13-4-3-9(20-2)6-10(13)15/h3-7H,1-2H3. The lowest BCUT2D eigenvalue weighted by molar-refractivity contribution is -0.384. The zero-order chi connectivity index (χ0) is 15.6. The van der Waals surface area contributed by atoms with Crippen molar-refractivity contribution in [1.29, 1.82) is 0 Å². The lowest BCUT2D eigenvalue weighted by Gasteiger charge is -2.11. The van der Waals surface area contributed by atoms with Gasteiger partial charge in [-0.3, -0.25) is 10.1 Å². The van der Waals surface area contributed by atoms with Crippen LogP contribution in [0.5, 0.6) is 17.2 Å². The van der Waals surface area contributed by atoms with Crippen molar-refractivity contribution in [2.75, 3.05) is 7.11 Å². The molecule has 0 atom stereocenters. The number of hydrogen-bond donors (Lipinski definition) is 0. The maximum atomic E-state index is 10.8. The fourth-order valence-electron chi connectivity index (χ4n) is 1.71. The summed E-state index contributed by atoms with van der Waals surface area (Å²) < 4.78 is 11.6. The smallest absolute Gasteiger partial charge is 0.288 e. The molecule has 0 saturated heterocycles. The van der Waals surface area contributed by atoms with Gasteiger partial charge in [-0.15, -0.1) is 0 Å². The van der Waals surface area contributed by atoms with E-state index in [2.05, 4.69) is 15.9 Å². The van der Waals surface area contributed by atoms with Crippen LogP contribution in [0.1, 0.15) is 5.56 Å². The molecule has 0 aliphatic heterocycles. The number of nitro groups is 1. The zero-order valence-electron chi connectivity index (χ0n) is 11.2. The quantitative estimate of drug-likeness (QED) is 0.552. The normalized spacial score (nSPS) is 10.3. The van der Waals surface area contributed by atoms with Crippen molar-refractivity contribution in [2.24, 2.45) is 0 Å². The lowest BCUT2D eigenvalue weighted by atomic mass is 10.2. The van der Waals surface area contributed by atoms with Gasteiger partial charge in [0.1, 0.15) is 22.3 Å². The Balaban J connectivity index is 2.36. The van der Waals surface area contributed by atoms with Gasteiger partial charge in [0, 0.05) is 12.1 Å². The topological polar surface area (TPSA) is 61.6 Å². The summed E-state index contributed by atoms with van der Waals surface area (Å²) in [7, 11) is 1.57. The van der Waals surface area contributed by atoms with Crippen LogP contribution in [0.25, 0.3) is 0 Å². The van der Waals surface area contributed by atoms with E-state index in [4.69, 9.17) is 21.1 Å². The van der Waals surface area contributed by atoms with Crippen molar-refractivity contribution >= 4 is 33.2 Å². The van der Waals surface area contributed by atoms with E-state index in [1.54, 1.807) is 32.2 Å². The molecular weight excluding hydrogens is 362 g/mol. The molecule has 2 rings (SSSR count). The van der Waals surface area contributed by atoms with Gasteiger partial charge in [0.15, 0.2) is 0 Å². The van der Waals surface area contributed by atoms with Crippen LogP contribution in [-0.4, -0.2) is 12.0 Å². The number of halogens is 2. The number of ether oxygens (including phenoxy) is 2. The first-order valence-electron chi connectivity index (χ1n) is 5.88. The molecule has 0 aliphatic rings. The van der Waals surface area contributed by atoms with Gasteiger partial charge in [-0.25, -0.2) is 0 Å². The summed E-state index contributed by atoms with van der Waals surface area (Å²) in [6.45, 7) is 1.72. The second-order valence-corrected chi connectivity index (χ2v) is 5.49. The Bertz CT molecular complexity index is 706. The van der Waals surface area contributed by atoms with Crippen LogP contribution in [0.2, 0.25) is 5.02 Å². The molecule has 0 aliphatic carbocycles. The summed E-state index contributed by atoms with van der Waals surface area (Å²) >= 11 is 9.28. The van der Waals surface area contributed by atoms with Gasteiger partial charge in [0.25, 0.3) is 5.69 Å². The first-order valence-corrected chi connectivity index (χ1v) is 7.05. The number of rotatable bonds is 4. The Morgan fingerprint density at radius 2 is 1.95 bits per heavy atom. The number of benzene rings is 2. The molecule has 0 amide bonds. The largest absolute Gasteiger partial charge is 0.497 e. The van der Waals surface area contributed by atoms with E-state index >= 15 is 0 Å². The van der Waals surface area contributed by atoms with E-state index in [-0.39, 0.29) is 10.7 Å². The van der Waals surface area contributed by atoms with Crippen molar-refractivity contribution in [3.8, 4) is 17.2 Å². The highest BCUT2D eigenvalue weighted by Crippen LogP contribution is 2.37. The van der Waals surface area contributed by atoms with Crippen molar-refractivity contribution in [3.63, 3.8) is 0 Å². The molecule has 0 fully saturated rings. The summed E-state index contributed by atoms with van der Waals surface area (Å²) in [5.74, 6) is 1.70. The molecule has 2 aromatic rings. The van der Waals surface area contributed by atoms with Crippen molar-refractivity contribution < 1.29 is 14.4 Å². The third-order valence-electron chi connectivity index (χ3n) is 2.80. The summed E-state index contributed by atoms with van der Waals surface area (Å²) in [5, 5.41) is 10.9. The van der Waals surface area contributed by atoms with Gasteiger partial charge in [0.2, 0.25) is 0 Å². The molecule has 110 valence electrons. The van der Waals surface area contributed by atoms with Gasteiger partial charge < -0.3 is 9.47 Å². The zero-order valence-corrected chi connectivity index (χ0v) is 13.6. The van der Waals surface area contributed by atoms with E-state index in [9.17, 15) is 10.1 Å². The Labute approximate surface area is 134 Å². The van der Waals surface area contributed by atoms with Gasteiger partial charge in [0.05, 0.1) is 16.5 Å². The maximum absolute atomic E-state index is 10.8. The molecule has 2 aromatic carbocycles. The molecule has 7 heteroatoms. The minimum atomic E-state index is -0.525. The Kier molecular flexibility index (Phi) is 4.69. The Hall–Kier alpha value is -1.79. The van der Waals surface area contributed by atoms with E-state index < -0.39 is 4.92 Å². The summed E-state index contributed by atoms with van der Waals surface area (Å²) in [6, 6.07) is 8.07. The number of methoxy groups -OCH3 is 1. The molecule has 5 nitrogen and oxygen atoms in total. The molecule has 0 radical (unpaired) electrons. The van der Waals surface area contributed by atoms with E-state index in [1.807, 2.05) is 0 Å². The van der Waals surface area contributed by atoms with Gasteiger partial charge in [-0.1, -0.05) is 11.6 Å². The van der Waals surface area contributed by atoms with Crippen molar-refractivity contribution in [1.82, 2.24) is 0 Å². The number of nitrogens with zero attached hydrogens (tertiary/aromatic N) is 1. The van der Waals surface area contributed by atoms with Gasteiger partial charge in [-0.05, 0) is 46.6 Å². The van der Waals surface area contributed by atoms with Crippen LogP contribution >= 0.6 is 27.5 Å². The predicted octanol–water partition coefficient (Wildman–Crippen LogP) is 5.12. The highest BCUT2D eigenvalue weighted by Gasteiger charge is 2.16. The average Bonchev–Trinajstić information content (AvgIpc) is 2.44. The van der Waals surface area contributed by atoms with Crippen LogP contribution in [-0.2, 0) is 0 Å². The molecule has 0 spiro atoms. The molecule has 0 bridgehead atoms. The predicted molar refractivity (Wildman–Crippen MR) is 83.6 cm³/mol. The minimum absolute atomic E-state index is 0.0326. The second-order valence-electron chi connectivity index (χ2n) is 4.22.